The molecule has 0 radical (unpaired) electrons. The third kappa shape index (κ3) is 4.50. The summed E-state index contributed by atoms with van der Waals surface area (Å²) in [7, 11) is 1.45. The molecule has 4 aromatic rings. The van der Waals surface area contributed by atoms with Gasteiger partial charge in [-0.15, -0.1) is 0 Å². The van der Waals surface area contributed by atoms with Gasteiger partial charge in [-0.1, -0.05) is 40.3 Å². The van der Waals surface area contributed by atoms with E-state index in [1.165, 1.54) is 11.6 Å². The van der Waals surface area contributed by atoms with Crippen LogP contribution in [0.25, 0.3) is 10.9 Å². The summed E-state index contributed by atoms with van der Waals surface area (Å²) < 4.78 is 7.98. The van der Waals surface area contributed by atoms with E-state index in [4.69, 9.17) is 0 Å². The Hall–Kier alpha value is -3.61. The highest BCUT2D eigenvalue weighted by atomic mass is 79.9. The number of nitrogens with zero attached hydrogens (tertiary/aromatic N) is 6. The molecule has 5 rings (SSSR count). The van der Waals surface area contributed by atoms with Crippen molar-refractivity contribution in [3.05, 3.63) is 66.5 Å². The van der Waals surface area contributed by atoms with Crippen molar-refractivity contribution in [2.24, 2.45) is 13.0 Å². The van der Waals surface area contributed by atoms with Crippen LogP contribution in [0.15, 0.2) is 36.9 Å². The molecule has 0 spiro atoms. The quantitative estimate of drug-likeness (QED) is 0.367. The number of rotatable bonds is 6. The van der Waals surface area contributed by atoms with E-state index in [9.17, 15) is 14.4 Å². The summed E-state index contributed by atoms with van der Waals surface area (Å²) in [4.78, 5) is 43.2. The number of amides is 1. The van der Waals surface area contributed by atoms with Gasteiger partial charge in [0.05, 0.1) is 23.5 Å². The van der Waals surface area contributed by atoms with Crippen molar-refractivity contribution >= 4 is 32.7 Å². The highest BCUT2D eigenvalue weighted by molar-refractivity contribution is 9.10. The maximum atomic E-state index is 13.0. The van der Waals surface area contributed by atoms with Crippen LogP contribution >= 0.6 is 15.9 Å². The largest absolute Gasteiger partial charge is 0.340 e. The zero-order chi connectivity index (χ0) is 25.4. The van der Waals surface area contributed by atoms with Gasteiger partial charge in [0.25, 0.3) is 11.5 Å². The predicted molar refractivity (Wildman–Crippen MR) is 132 cm³/mol. The zero-order valence-electron chi connectivity index (χ0n) is 19.8. The number of benzene rings is 1. The molecule has 2 N–H and O–H groups in total. The normalized spacial score (nSPS) is 15.3. The van der Waals surface area contributed by atoms with E-state index in [1.54, 1.807) is 25.1 Å². The predicted octanol–water partition coefficient (Wildman–Crippen LogP) is 2.37. The maximum Gasteiger partial charge on any atom is 0.331 e. The minimum Gasteiger partial charge on any atom is -0.340 e. The smallest absolute Gasteiger partial charge is 0.331 e. The van der Waals surface area contributed by atoms with Gasteiger partial charge in [-0.25, -0.2) is 14.4 Å². The second-order valence-electron chi connectivity index (χ2n) is 9.08. The Labute approximate surface area is 213 Å². The number of H-pyrrole nitrogens is 1. The van der Waals surface area contributed by atoms with Crippen LogP contribution in [0.4, 0.5) is 0 Å². The summed E-state index contributed by atoms with van der Waals surface area (Å²) in [5.74, 6) is 0.619. The number of nitrogens with one attached hydrogen (secondary N) is 2. The van der Waals surface area contributed by atoms with Crippen LogP contribution in [-0.4, -0.2) is 40.5 Å². The Morgan fingerprint density at radius 2 is 2.03 bits per heavy atom. The Kier molecular flexibility index (Phi) is 6.56. The first-order valence-electron chi connectivity index (χ1n) is 11.7. The third-order valence-electron chi connectivity index (χ3n) is 6.71. The lowest BCUT2D eigenvalue weighted by molar-refractivity contribution is 0.0898. The van der Waals surface area contributed by atoms with Gasteiger partial charge in [-0.05, 0) is 49.0 Å². The first-order valence-corrected chi connectivity index (χ1v) is 12.5. The number of fused-ring (bicyclic) bond motifs is 1. The lowest BCUT2D eigenvalue weighted by Gasteiger charge is -2.28. The summed E-state index contributed by atoms with van der Waals surface area (Å²) in [6, 6.07) is 4.73. The Morgan fingerprint density at radius 1 is 1.25 bits per heavy atom. The molecule has 1 fully saturated rings. The van der Waals surface area contributed by atoms with Crippen LogP contribution in [0.1, 0.15) is 66.0 Å². The van der Waals surface area contributed by atoms with Gasteiger partial charge >= 0.3 is 5.69 Å². The molecule has 0 bridgehead atoms. The molecule has 1 atom stereocenters. The van der Waals surface area contributed by atoms with Gasteiger partial charge in [0.2, 0.25) is 0 Å². The van der Waals surface area contributed by atoms with E-state index in [0.717, 1.165) is 41.1 Å². The molecule has 1 saturated carbocycles. The summed E-state index contributed by atoms with van der Waals surface area (Å²) in [6.07, 6.45) is 5.15. The fraction of sp³-hybridized carbons (Fsp3) is 0.435. The van der Waals surface area contributed by atoms with Crippen molar-refractivity contribution in [2.45, 2.75) is 51.6 Å². The molecule has 1 aliphatic rings. The summed E-state index contributed by atoms with van der Waals surface area (Å²) in [6.45, 7) is 1.73. The van der Waals surface area contributed by atoms with Crippen molar-refractivity contribution in [3.63, 3.8) is 0 Å². The highest BCUT2D eigenvalue weighted by Gasteiger charge is 2.31. The number of hydrogen-bond acceptors (Lipinski definition) is 8. The molecular formula is C23H25BrN8O4. The lowest BCUT2D eigenvalue weighted by atomic mass is 9.83. The standard InChI is InChI=1S/C23H25BrN8O4/c1-12-18(30-36-29-12)21(33)26-19(13-6-4-3-5-7-13)20-25-17(27-28-20)11-32-16-10-14(24)8-9-15(16)22(34)31(2)23(32)35/h8-10,13,19H,3-7,11H2,1-2H3,(H,26,33)(H,25,27,28)/t19-/m0/s1. The Balaban J connectivity index is 1.49. The lowest BCUT2D eigenvalue weighted by Crippen LogP contribution is -2.38. The van der Waals surface area contributed by atoms with Crippen LogP contribution in [0.3, 0.4) is 0 Å². The molecule has 0 saturated heterocycles. The van der Waals surface area contributed by atoms with Crippen molar-refractivity contribution in [3.8, 4) is 0 Å². The van der Waals surface area contributed by atoms with Gasteiger partial charge in [0.1, 0.15) is 11.5 Å². The monoisotopic (exact) mass is 556 g/mol. The van der Waals surface area contributed by atoms with Crippen LogP contribution in [-0.2, 0) is 13.6 Å². The SMILES string of the molecule is Cc1nonc1C(=O)N[C@H](c1n[nH]c(Cn2c(=O)n(C)c(=O)c3ccc(Br)cc32)n1)C1CCCCC1. The van der Waals surface area contributed by atoms with Gasteiger partial charge in [-0.2, -0.15) is 5.10 Å². The van der Waals surface area contributed by atoms with Crippen LogP contribution in [0.2, 0.25) is 0 Å². The number of carbonyl (C=O) groups excluding carboxylic acids is 1. The van der Waals surface area contributed by atoms with Gasteiger partial charge in [0, 0.05) is 11.5 Å². The zero-order valence-corrected chi connectivity index (χ0v) is 21.4. The number of aryl methyl sites for hydroxylation is 1. The molecule has 13 heteroatoms. The number of halogens is 1. The third-order valence-corrected chi connectivity index (χ3v) is 7.21. The number of carbonyl (C=O) groups is 1. The molecule has 12 nitrogen and oxygen atoms in total. The Morgan fingerprint density at radius 3 is 2.75 bits per heavy atom. The molecule has 3 aromatic heterocycles. The number of hydrogen-bond donors (Lipinski definition) is 2. The average molecular weight is 557 g/mol. The van der Waals surface area contributed by atoms with Crippen molar-refractivity contribution in [1.29, 1.82) is 0 Å². The minimum absolute atomic E-state index is 0.0740. The first-order chi connectivity index (χ1) is 17.3. The van der Waals surface area contributed by atoms with Crippen LogP contribution in [0, 0.1) is 12.8 Å². The van der Waals surface area contributed by atoms with Crippen molar-refractivity contribution in [2.75, 3.05) is 0 Å². The number of aromatic nitrogens is 7. The summed E-state index contributed by atoms with van der Waals surface area (Å²) >= 11 is 3.41. The molecule has 36 heavy (non-hydrogen) atoms. The average Bonchev–Trinajstić information content (AvgIpc) is 3.53. The van der Waals surface area contributed by atoms with E-state index in [-0.39, 0.29) is 23.7 Å². The molecule has 0 unspecified atom stereocenters. The van der Waals surface area contributed by atoms with E-state index >= 15 is 0 Å². The molecule has 1 aromatic carbocycles. The van der Waals surface area contributed by atoms with Crippen molar-refractivity contribution < 1.29 is 9.42 Å². The van der Waals surface area contributed by atoms with Gasteiger partial charge in [-0.3, -0.25) is 23.8 Å². The first kappa shape index (κ1) is 24.1. The van der Waals surface area contributed by atoms with E-state index in [0.29, 0.717) is 28.2 Å². The van der Waals surface area contributed by atoms with Crippen molar-refractivity contribution in [1.82, 2.24) is 39.9 Å². The molecule has 1 aliphatic carbocycles. The van der Waals surface area contributed by atoms with Gasteiger partial charge < -0.3 is 5.32 Å². The fourth-order valence-electron chi connectivity index (χ4n) is 4.79. The molecule has 188 valence electrons. The molecule has 1 amide bonds. The fourth-order valence-corrected chi connectivity index (χ4v) is 5.14. The van der Waals surface area contributed by atoms with E-state index in [1.807, 2.05) is 0 Å². The molecule has 3 heterocycles. The van der Waals surface area contributed by atoms with Gasteiger partial charge in [0.15, 0.2) is 11.5 Å². The molecule has 0 aliphatic heterocycles. The topological polar surface area (TPSA) is 154 Å². The van der Waals surface area contributed by atoms with E-state index in [2.05, 4.69) is 51.4 Å². The minimum atomic E-state index is -0.463. The van der Waals surface area contributed by atoms with E-state index < -0.39 is 17.6 Å². The van der Waals surface area contributed by atoms with Crippen LogP contribution in [0.5, 0.6) is 0 Å². The van der Waals surface area contributed by atoms with Crippen LogP contribution < -0.4 is 16.6 Å². The molecular weight excluding hydrogens is 532 g/mol. The second kappa shape index (κ2) is 9.80. The number of aromatic amines is 1. The second-order valence-corrected chi connectivity index (χ2v) is 10.00. The summed E-state index contributed by atoms with van der Waals surface area (Å²) in [5, 5.41) is 18.2. The maximum absolute atomic E-state index is 13.0. The summed E-state index contributed by atoms with van der Waals surface area (Å²) in [5.41, 5.74) is 0.184. The highest BCUT2D eigenvalue weighted by Crippen LogP contribution is 2.33. The Bertz CT molecular complexity index is 1550.